The highest BCUT2D eigenvalue weighted by molar-refractivity contribution is 9.10. The topological polar surface area (TPSA) is 79.2 Å². The first-order valence-corrected chi connectivity index (χ1v) is 11.1. The fourth-order valence-corrected chi connectivity index (χ4v) is 5.42. The van der Waals surface area contributed by atoms with Crippen LogP contribution in [0.3, 0.4) is 0 Å². The van der Waals surface area contributed by atoms with E-state index in [9.17, 15) is 4.79 Å². The molecular weight excluding hydrogens is 464 g/mol. The van der Waals surface area contributed by atoms with Crippen LogP contribution in [0.5, 0.6) is 5.88 Å². The Labute approximate surface area is 187 Å². The van der Waals surface area contributed by atoms with E-state index in [0.29, 0.717) is 18.1 Å². The highest BCUT2D eigenvalue weighted by atomic mass is 79.9. The maximum absolute atomic E-state index is 13.3. The molecule has 6 nitrogen and oxygen atoms in total. The average molecular weight is 485 g/mol. The Morgan fingerprint density at radius 2 is 2.07 bits per heavy atom. The van der Waals surface area contributed by atoms with Crippen LogP contribution < -0.4 is 4.74 Å². The normalized spacial score (nSPS) is 21.7. The lowest BCUT2D eigenvalue weighted by Crippen LogP contribution is -2.52. The molecule has 1 amide bonds. The van der Waals surface area contributed by atoms with Crippen LogP contribution in [-0.2, 0) is 10.2 Å². The van der Waals surface area contributed by atoms with Crippen molar-refractivity contribution in [2.75, 3.05) is 14.2 Å². The Kier molecular flexibility index (Phi) is 5.46. The predicted octanol–water partition coefficient (Wildman–Crippen LogP) is 4.86. The number of pyridine rings is 2. The molecule has 4 rings (SSSR count). The summed E-state index contributed by atoms with van der Waals surface area (Å²) >= 11 is 5.08. The number of piperidine rings is 1. The zero-order valence-corrected chi connectivity index (χ0v) is 19.3. The third-order valence-electron chi connectivity index (χ3n) is 5.66. The molecule has 154 valence electrons. The molecule has 8 heteroatoms. The second-order valence-corrected chi connectivity index (χ2v) is 9.42. The van der Waals surface area contributed by atoms with Crippen LogP contribution >= 0.6 is 27.3 Å². The molecule has 30 heavy (non-hydrogen) atoms. The number of rotatable bonds is 4. The van der Waals surface area contributed by atoms with E-state index in [-0.39, 0.29) is 5.91 Å². The molecule has 0 bridgehead atoms. The van der Waals surface area contributed by atoms with E-state index in [0.717, 1.165) is 26.0 Å². The van der Waals surface area contributed by atoms with Crippen LogP contribution in [0.25, 0.3) is 11.1 Å². The van der Waals surface area contributed by atoms with Gasteiger partial charge in [-0.05, 0) is 44.6 Å². The van der Waals surface area contributed by atoms with Gasteiger partial charge in [-0.15, -0.1) is 11.3 Å². The number of aromatic nitrogens is 2. The summed E-state index contributed by atoms with van der Waals surface area (Å²) in [7, 11) is 3.23. The lowest BCUT2D eigenvalue weighted by molar-refractivity contribution is -0.131. The molecule has 1 aliphatic heterocycles. The quantitative estimate of drug-likeness (QED) is 0.573. The maximum atomic E-state index is 13.3. The van der Waals surface area contributed by atoms with Gasteiger partial charge in [-0.25, -0.2) is 4.98 Å². The summed E-state index contributed by atoms with van der Waals surface area (Å²) < 4.78 is 6.09. The Bertz CT molecular complexity index is 1110. The lowest BCUT2D eigenvalue weighted by Gasteiger charge is -2.43. The number of likely N-dealkylation sites (N-methyl/N-ethyl adjacent to an activating group) is 1. The maximum Gasteiger partial charge on any atom is 0.236 e. The van der Waals surface area contributed by atoms with Crippen molar-refractivity contribution in [1.82, 2.24) is 14.9 Å². The summed E-state index contributed by atoms with van der Waals surface area (Å²) in [6.07, 6.45) is 5.74. The van der Waals surface area contributed by atoms with Gasteiger partial charge in [0, 0.05) is 58.5 Å². The number of hydrogen-bond donors (Lipinski definition) is 1. The molecule has 3 aromatic rings. The summed E-state index contributed by atoms with van der Waals surface area (Å²) in [5, 5.41) is 10.5. The molecule has 4 heterocycles. The largest absolute Gasteiger partial charge is 0.481 e. The molecule has 2 atom stereocenters. The molecule has 1 aliphatic rings. The third kappa shape index (κ3) is 3.54. The SMILES string of the molecule is COc1ccc(C2C(=O)N(C)C(=N)C[C@]2(C)c2cc(-c3cncc(Br)c3)cs2)cn1. The summed E-state index contributed by atoms with van der Waals surface area (Å²) in [5.74, 6) is 0.284. The number of halogens is 1. The number of methoxy groups -OCH3 is 1. The number of nitrogens with zero attached hydrogens (tertiary/aromatic N) is 3. The Morgan fingerprint density at radius 1 is 1.27 bits per heavy atom. The van der Waals surface area contributed by atoms with Crippen molar-refractivity contribution >= 4 is 39.0 Å². The number of ether oxygens (including phenoxy) is 1. The molecular formula is C22H21BrN4O2S. The third-order valence-corrected chi connectivity index (χ3v) is 7.30. The van der Waals surface area contributed by atoms with E-state index in [1.165, 1.54) is 4.90 Å². The van der Waals surface area contributed by atoms with E-state index >= 15 is 0 Å². The van der Waals surface area contributed by atoms with Gasteiger partial charge in [0.2, 0.25) is 11.8 Å². The van der Waals surface area contributed by atoms with Gasteiger partial charge in [-0.3, -0.25) is 15.2 Å². The first kappa shape index (κ1) is 20.7. The first-order valence-electron chi connectivity index (χ1n) is 9.38. The molecule has 1 N–H and O–H groups in total. The number of thiophene rings is 1. The van der Waals surface area contributed by atoms with E-state index in [4.69, 9.17) is 10.1 Å². The van der Waals surface area contributed by atoms with Crippen molar-refractivity contribution in [1.29, 1.82) is 5.41 Å². The smallest absolute Gasteiger partial charge is 0.236 e. The number of carbonyl (C=O) groups is 1. The monoisotopic (exact) mass is 484 g/mol. The average Bonchev–Trinajstić information content (AvgIpc) is 3.24. The van der Waals surface area contributed by atoms with E-state index in [1.807, 2.05) is 18.3 Å². The van der Waals surface area contributed by atoms with Gasteiger partial charge in [0.05, 0.1) is 13.0 Å². The Morgan fingerprint density at radius 3 is 2.73 bits per heavy atom. The fraction of sp³-hybridized carbons (Fsp3) is 0.273. The molecule has 1 fully saturated rings. The number of amides is 1. The van der Waals surface area contributed by atoms with Gasteiger partial charge < -0.3 is 9.64 Å². The van der Waals surface area contributed by atoms with E-state index in [2.05, 4.69) is 44.3 Å². The molecule has 1 saturated heterocycles. The number of carbonyl (C=O) groups excluding carboxylic acids is 1. The molecule has 1 unspecified atom stereocenters. The van der Waals surface area contributed by atoms with Crippen molar-refractivity contribution in [3.05, 3.63) is 63.1 Å². The van der Waals surface area contributed by atoms with Crippen LogP contribution in [-0.4, -0.2) is 40.8 Å². The number of hydrogen-bond acceptors (Lipinski definition) is 6. The number of likely N-dealkylation sites (tertiary alicyclic amines) is 1. The van der Waals surface area contributed by atoms with Crippen molar-refractivity contribution in [2.45, 2.75) is 24.7 Å². The van der Waals surface area contributed by atoms with Gasteiger partial charge in [-0.1, -0.05) is 13.0 Å². The lowest BCUT2D eigenvalue weighted by atomic mass is 9.67. The molecule has 0 aliphatic carbocycles. The van der Waals surface area contributed by atoms with Crippen LogP contribution in [0.1, 0.15) is 29.7 Å². The molecule has 0 radical (unpaired) electrons. The highest BCUT2D eigenvalue weighted by Crippen LogP contribution is 2.49. The van der Waals surface area contributed by atoms with Crippen molar-refractivity contribution in [3.63, 3.8) is 0 Å². The standard InChI is InChI=1S/C22H21BrN4O2S/c1-22(17-7-15(12-30-17)14-6-16(23)11-25-9-14)8-18(24)27(2)21(28)20(22)13-4-5-19(29-3)26-10-13/h4-7,9-12,20,24H,8H2,1-3H3/t20?,22-/m1/s1. The first-order chi connectivity index (χ1) is 14.3. The number of nitrogens with one attached hydrogen (secondary N) is 1. The number of amidine groups is 1. The van der Waals surface area contributed by atoms with Gasteiger partial charge in [-0.2, -0.15) is 0 Å². The summed E-state index contributed by atoms with van der Waals surface area (Å²) in [6.45, 7) is 2.07. The summed E-state index contributed by atoms with van der Waals surface area (Å²) in [5.41, 5.74) is 2.32. The van der Waals surface area contributed by atoms with E-state index in [1.54, 1.807) is 44.0 Å². The van der Waals surface area contributed by atoms with Crippen LogP contribution in [0.4, 0.5) is 0 Å². The zero-order chi connectivity index (χ0) is 21.5. The van der Waals surface area contributed by atoms with Gasteiger partial charge >= 0.3 is 0 Å². The molecule has 0 aromatic carbocycles. The summed E-state index contributed by atoms with van der Waals surface area (Å²) in [6, 6.07) is 7.80. The minimum absolute atomic E-state index is 0.0974. The van der Waals surface area contributed by atoms with Crippen molar-refractivity contribution in [2.24, 2.45) is 0 Å². The highest BCUT2D eigenvalue weighted by Gasteiger charge is 2.49. The summed E-state index contributed by atoms with van der Waals surface area (Å²) in [4.78, 5) is 24.4. The van der Waals surface area contributed by atoms with Crippen LogP contribution in [0.2, 0.25) is 0 Å². The van der Waals surface area contributed by atoms with E-state index < -0.39 is 11.3 Å². The minimum Gasteiger partial charge on any atom is -0.481 e. The molecule has 3 aromatic heterocycles. The van der Waals surface area contributed by atoms with Gasteiger partial charge in [0.15, 0.2) is 0 Å². The second-order valence-electron chi connectivity index (χ2n) is 7.60. The van der Waals surface area contributed by atoms with Gasteiger partial charge in [0.1, 0.15) is 5.84 Å². The minimum atomic E-state index is -0.556. The van der Waals surface area contributed by atoms with Gasteiger partial charge in [0.25, 0.3) is 0 Å². The van der Waals surface area contributed by atoms with Crippen LogP contribution in [0, 0.1) is 5.41 Å². The second kappa shape index (κ2) is 7.92. The Balaban J connectivity index is 1.79. The predicted molar refractivity (Wildman–Crippen MR) is 121 cm³/mol. The Hall–Kier alpha value is -2.58. The van der Waals surface area contributed by atoms with Crippen LogP contribution in [0.15, 0.2) is 52.7 Å². The van der Waals surface area contributed by atoms with Crippen molar-refractivity contribution in [3.8, 4) is 17.0 Å². The zero-order valence-electron chi connectivity index (χ0n) is 16.8. The fourth-order valence-electron chi connectivity index (χ4n) is 3.95. The van der Waals surface area contributed by atoms with Crippen molar-refractivity contribution < 1.29 is 9.53 Å². The molecule has 0 spiro atoms. The molecule has 0 saturated carbocycles.